The van der Waals surface area contributed by atoms with Gasteiger partial charge >= 0.3 is 0 Å². The highest BCUT2D eigenvalue weighted by atomic mass is 16.5. The van der Waals surface area contributed by atoms with Crippen molar-refractivity contribution in [1.82, 2.24) is 10.3 Å². The highest BCUT2D eigenvalue weighted by Gasteiger charge is 2.27. The Morgan fingerprint density at radius 1 is 1.26 bits per heavy atom. The molecule has 1 aromatic heterocycles. The van der Waals surface area contributed by atoms with Crippen molar-refractivity contribution in [2.24, 2.45) is 0 Å². The smallest absolute Gasteiger partial charge is 0.247 e. The second-order valence-electron chi connectivity index (χ2n) is 5.31. The largest absolute Gasteiger partial charge is 0.473 e. The van der Waals surface area contributed by atoms with Gasteiger partial charge in [-0.15, -0.1) is 0 Å². The summed E-state index contributed by atoms with van der Waals surface area (Å²) in [6.07, 6.45) is 2.45. The fraction of sp³-hybridized carbons (Fsp3) is 0.235. The molecule has 2 amide bonds. The van der Waals surface area contributed by atoms with E-state index in [9.17, 15) is 9.59 Å². The van der Waals surface area contributed by atoms with Gasteiger partial charge in [0.2, 0.25) is 17.7 Å². The van der Waals surface area contributed by atoms with Crippen LogP contribution in [0.5, 0.6) is 5.88 Å². The number of nitrogens with one attached hydrogen (secondary N) is 2. The monoisotopic (exact) mass is 311 g/mol. The van der Waals surface area contributed by atoms with Crippen molar-refractivity contribution in [3.05, 3.63) is 54.2 Å². The minimum Gasteiger partial charge on any atom is -0.473 e. The Morgan fingerprint density at radius 3 is 2.74 bits per heavy atom. The van der Waals surface area contributed by atoms with Crippen LogP contribution >= 0.6 is 0 Å². The van der Waals surface area contributed by atoms with Crippen LogP contribution in [0.4, 0.5) is 5.69 Å². The summed E-state index contributed by atoms with van der Waals surface area (Å²) in [7, 11) is 0. The van der Waals surface area contributed by atoms with Crippen molar-refractivity contribution in [1.29, 1.82) is 0 Å². The van der Waals surface area contributed by atoms with Crippen molar-refractivity contribution < 1.29 is 14.3 Å². The molecular formula is C17H17N3O3. The van der Waals surface area contributed by atoms with Gasteiger partial charge in [-0.3, -0.25) is 9.59 Å². The molecule has 1 aromatic carbocycles. The molecular weight excluding hydrogens is 294 g/mol. The third kappa shape index (κ3) is 4.06. The van der Waals surface area contributed by atoms with Gasteiger partial charge in [0.15, 0.2) is 0 Å². The Labute approximate surface area is 133 Å². The van der Waals surface area contributed by atoms with Crippen LogP contribution < -0.4 is 15.4 Å². The van der Waals surface area contributed by atoms with Gasteiger partial charge in [0, 0.05) is 12.5 Å². The highest BCUT2D eigenvalue weighted by Crippen LogP contribution is 2.15. The summed E-state index contributed by atoms with van der Waals surface area (Å²) in [4.78, 5) is 27.3. The number of rotatable bonds is 5. The fourth-order valence-corrected chi connectivity index (χ4v) is 2.31. The normalized spacial score (nSPS) is 16.7. The molecule has 0 aliphatic carbocycles. The average Bonchev–Trinajstić information content (AvgIpc) is 3.02. The maximum atomic E-state index is 12.0. The molecule has 23 heavy (non-hydrogen) atoms. The fourth-order valence-electron chi connectivity index (χ4n) is 2.31. The zero-order valence-electron chi connectivity index (χ0n) is 12.5. The van der Waals surface area contributed by atoms with Crippen LogP contribution in [0.2, 0.25) is 0 Å². The van der Waals surface area contributed by atoms with Crippen molar-refractivity contribution in [2.75, 3.05) is 5.32 Å². The molecule has 1 fully saturated rings. The number of nitrogens with zero attached hydrogens (tertiary/aromatic N) is 1. The molecule has 1 atom stereocenters. The quantitative estimate of drug-likeness (QED) is 0.883. The van der Waals surface area contributed by atoms with Crippen LogP contribution in [-0.4, -0.2) is 22.8 Å². The predicted octanol–water partition coefficient (Wildman–Crippen LogP) is 1.88. The SMILES string of the molecule is O=C1CC[C@H](C(=O)Nc2ccc(OCc3ccccc3)nc2)N1. The van der Waals surface area contributed by atoms with E-state index in [-0.39, 0.29) is 11.8 Å². The zero-order valence-corrected chi connectivity index (χ0v) is 12.5. The molecule has 6 heteroatoms. The number of carbonyl (C=O) groups excluding carboxylic acids is 2. The Balaban J connectivity index is 1.52. The van der Waals surface area contributed by atoms with E-state index < -0.39 is 6.04 Å². The van der Waals surface area contributed by atoms with Crippen molar-refractivity contribution in [2.45, 2.75) is 25.5 Å². The first-order chi connectivity index (χ1) is 11.2. The summed E-state index contributed by atoms with van der Waals surface area (Å²) in [5.74, 6) is 0.171. The Kier molecular flexibility index (Phi) is 4.52. The minimum absolute atomic E-state index is 0.0899. The standard InChI is InChI=1S/C17H17N3O3/c21-15-8-7-14(20-15)17(22)19-13-6-9-16(18-10-13)23-11-12-4-2-1-3-5-12/h1-6,9-10,14H,7-8,11H2,(H,19,22)(H,20,21)/t14-/m1/s1. The lowest BCUT2D eigenvalue weighted by Gasteiger charge is -2.11. The van der Waals surface area contributed by atoms with E-state index in [0.29, 0.717) is 31.0 Å². The summed E-state index contributed by atoms with van der Waals surface area (Å²) < 4.78 is 5.59. The summed E-state index contributed by atoms with van der Waals surface area (Å²) in [6.45, 7) is 0.438. The molecule has 1 aliphatic heterocycles. The number of amides is 2. The van der Waals surface area contributed by atoms with Crippen LogP contribution in [0.3, 0.4) is 0 Å². The van der Waals surface area contributed by atoms with Crippen LogP contribution in [0, 0.1) is 0 Å². The maximum Gasteiger partial charge on any atom is 0.247 e. The van der Waals surface area contributed by atoms with Crippen molar-refractivity contribution >= 4 is 17.5 Å². The summed E-state index contributed by atoms with van der Waals surface area (Å²) >= 11 is 0. The van der Waals surface area contributed by atoms with Gasteiger partial charge in [-0.25, -0.2) is 4.98 Å². The Morgan fingerprint density at radius 2 is 2.09 bits per heavy atom. The van der Waals surface area contributed by atoms with Crippen LogP contribution in [0.15, 0.2) is 48.7 Å². The van der Waals surface area contributed by atoms with E-state index in [2.05, 4.69) is 15.6 Å². The van der Waals surface area contributed by atoms with Gasteiger partial charge in [-0.1, -0.05) is 30.3 Å². The molecule has 2 N–H and O–H groups in total. The third-order valence-corrected chi connectivity index (χ3v) is 3.55. The number of carbonyl (C=O) groups is 2. The van der Waals surface area contributed by atoms with Crippen LogP contribution in [-0.2, 0) is 16.2 Å². The number of hydrogen-bond acceptors (Lipinski definition) is 4. The molecule has 1 saturated heterocycles. The Bertz CT molecular complexity index is 686. The van der Waals surface area contributed by atoms with E-state index in [1.807, 2.05) is 30.3 Å². The van der Waals surface area contributed by atoms with Gasteiger partial charge in [0.25, 0.3) is 0 Å². The number of benzene rings is 1. The molecule has 118 valence electrons. The molecule has 2 heterocycles. The Hall–Kier alpha value is -2.89. The summed E-state index contributed by atoms with van der Waals surface area (Å²) in [6, 6.07) is 12.8. The van der Waals surface area contributed by atoms with Gasteiger partial charge in [-0.05, 0) is 18.1 Å². The van der Waals surface area contributed by atoms with Crippen molar-refractivity contribution in [3.8, 4) is 5.88 Å². The molecule has 0 unspecified atom stereocenters. The van der Waals surface area contributed by atoms with E-state index in [4.69, 9.17) is 4.74 Å². The minimum atomic E-state index is -0.462. The van der Waals surface area contributed by atoms with Crippen molar-refractivity contribution in [3.63, 3.8) is 0 Å². The maximum absolute atomic E-state index is 12.0. The van der Waals surface area contributed by atoms with E-state index in [0.717, 1.165) is 5.56 Å². The third-order valence-electron chi connectivity index (χ3n) is 3.55. The summed E-state index contributed by atoms with van der Waals surface area (Å²) in [5, 5.41) is 5.36. The molecule has 0 saturated carbocycles. The predicted molar refractivity (Wildman–Crippen MR) is 84.8 cm³/mol. The first-order valence-corrected chi connectivity index (χ1v) is 7.44. The molecule has 6 nitrogen and oxygen atoms in total. The number of aromatic nitrogens is 1. The number of pyridine rings is 1. The number of anilines is 1. The van der Waals surface area contributed by atoms with Gasteiger partial charge in [0.05, 0.1) is 11.9 Å². The molecule has 0 spiro atoms. The lowest BCUT2D eigenvalue weighted by molar-refractivity contribution is -0.122. The number of ether oxygens (including phenoxy) is 1. The molecule has 3 rings (SSSR count). The zero-order chi connectivity index (χ0) is 16.1. The second-order valence-corrected chi connectivity index (χ2v) is 5.31. The highest BCUT2D eigenvalue weighted by molar-refractivity contribution is 5.98. The topological polar surface area (TPSA) is 80.3 Å². The lowest BCUT2D eigenvalue weighted by Crippen LogP contribution is -2.37. The van der Waals surface area contributed by atoms with Crippen LogP contribution in [0.1, 0.15) is 18.4 Å². The first-order valence-electron chi connectivity index (χ1n) is 7.44. The van der Waals surface area contributed by atoms with E-state index in [1.54, 1.807) is 12.1 Å². The molecule has 1 aliphatic rings. The van der Waals surface area contributed by atoms with E-state index in [1.165, 1.54) is 6.20 Å². The van der Waals surface area contributed by atoms with Crippen LogP contribution in [0.25, 0.3) is 0 Å². The lowest BCUT2D eigenvalue weighted by atomic mass is 10.2. The molecule has 0 radical (unpaired) electrons. The number of hydrogen-bond donors (Lipinski definition) is 2. The summed E-state index contributed by atoms with van der Waals surface area (Å²) in [5.41, 5.74) is 1.63. The average molecular weight is 311 g/mol. The van der Waals surface area contributed by atoms with Gasteiger partial charge in [-0.2, -0.15) is 0 Å². The molecule has 2 aromatic rings. The van der Waals surface area contributed by atoms with E-state index >= 15 is 0 Å². The molecule has 0 bridgehead atoms. The van der Waals surface area contributed by atoms with Gasteiger partial charge in [0.1, 0.15) is 12.6 Å². The first kappa shape index (κ1) is 15.0. The van der Waals surface area contributed by atoms with Gasteiger partial charge < -0.3 is 15.4 Å². The second kappa shape index (κ2) is 6.91.